The number of carbonyl (C=O) groups excluding carboxylic acids is 1. The SMILES string of the molecule is Cc1cc(C)cc(CNC(=O)c2oc(=O)c3cnccc3c2-c2ccc(F)cc2)c1. The molecule has 0 saturated heterocycles. The molecule has 150 valence electrons. The molecule has 30 heavy (non-hydrogen) atoms. The predicted molar refractivity (Wildman–Crippen MR) is 113 cm³/mol. The molecule has 0 aliphatic carbocycles. The minimum atomic E-state index is -0.652. The molecule has 2 heterocycles. The van der Waals surface area contributed by atoms with Crippen molar-refractivity contribution in [2.75, 3.05) is 0 Å². The fourth-order valence-electron chi connectivity index (χ4n) is 3.59. The molecule has 0 atom stereocenters. The summed E-state index contributed by atoms with van der Waals surface area (Å²) in [5.41, 5.74) is 3.46. The van der Waals surface area contributed by atoms with Crippen molar-refractivity contribution in [3.8, 4) is 11.1 Å². The molecule has 0 spiro atoms. The van der Waals surface area contributed by atoms with Crippen molar-refractivity contribution < 1.29 is 13.6 Å². The van der Waals surface area contributed by atoms with Gasteiger partial charge in [-0.05, 0) is 43.2 Å². The summed E-state index contributed by atoms with van der Waals surface area (Å²) in [7, 11) is 0. The lowest BCUT2D eigenvalue weighted by Gasteiger charge is -2.12. The van der Waals surface area contributed by atoms with Crippen molar-refractivity contribution in [3.05, 3.63) is 99.6 Å². The summed E-state index contributed by atoms with van der Waals surface area (Å²) in [6, 6.07) is 13.3. The molecule has 4 rings (SSSR count). The Morgan fingerprint density at radius 2 is 1.73 bits per heavy atom. The van der Waals surface area contributed by atoms with Gasteiger partial charge in [0.05, 0.1) is 5.39 Å². The van der Waals surface area contributed by atoms with E-state index in [1.165, 1.54) is 24.5 Å². The van der Waals surface area contributed by atoms with E-state index in [0.717, 1.165) is 16.7 Å². The van der Waals surface area contributed by atoms with Gasteiger partial charge in [-0.2, -0.15) is 0 Å². The third kappa shape index (κ3) is 3.85. The number of rotatable bonds is 4. The van der Waals surface area contributed by atoms with Gasteiger partial charge in [0.2, 0.25) is 5.76 Å². The molecular weight excluding hydrogens is 383 g/mol. The van der Waals surface area contributed by atoms with Crippen LogP contribution < -0.4 is 10.9 Å². The average molecular weight is 402 g/mol. The molecule has 2 aromatic heterocycles. The molecule has 0 saturated carbocycles. The normalized spacial score (nSPS) is 10.9. The number of halogens is 1. The van der Waals surface area contributed by atoms with Crippen molar-refractivity contribution in [2.24, 2.45) is 0 Å². The van der Waals surface area contributed by atoms with Gasteiger partial charge in [0, 0.05) is 29.9 Å². The highest BCUT2D eigenvalue weighted by molar-refractivity contribution is 6.06. The van der Waals surface area contributed by atoms with Gasteiger partial charge in [-0.1, -0.05) is 41.5 Å². The molecule has 0 fully saturated rings. The minimum absolute atomic E-state index is 0.116. The molecule has 1 amide bonds. The number of benzene rings is 2. The molecule has 4 aromatic rings. The van der Waals surface area contributed by atoms with Crippen LogP contribution in [0.5, 0.6) is 0 Å². The second-order valence-corrected chi connectivity index (χ2v) is 7.20. The van der Waals surface area contributed by atoms with E-state index < -0.39 is 17.3 Å². The van der Waals surface area contributed by atoms with Gasteiger partial charge >= 0.3 is 5.63 Å². The first-order valence-electron chi connectivity index (χ1n) is 9.44. The van der Waals surface area contributed by atoms with Crippen molar-refractivity contribution >= 4 is 16.7 Å². The number of nitrogens with zero attached hydrogens (tertiary/aromatic N) is 1. The maximum atomic E-state index is 13.5. The van der Waals surface area contributed by atoms with Crippen LogP contribution in [-0.4, -0.2) is 10.9 Å². The summed E-state index contributed by atoms with van der Waals surface area (Å²) in [6.45, 7) is 4.26. The number of nitrogens with one attached hydrogen (secondary N) is 1. The van der Waals surface area contributed by atoms with E-state index in [4.69, 9.17) is 4.42 Å². The van der Waals surface area contributed by atoms with Gasteiger partial charge in [0.15, 0.2) is 0 Å². The van der Waals surface area contributed by atoms with E-state index >= 15 is 0 Å². The van der Waals surface area contributed by atoms with Crippen molar-refractivity contribution in [3.63, 3.8) is 0 Å². The molecule has 2 aromatic carbocycles. The molecule has 0 radical (unpaired) electrons. The first-order valence-corrected chi connectivity index (χ1v) is 9.44. The Balaban J connectivity index is 1.79. The highest BCUT2D eigenvalue weighted by Crippen LogP contribution is 2.30. The molecular formula is C24H19FN2O3. The highest BCUT2D eigenvalue weighted by Gasteiger charge is 2.21. The second-order valence-electron chi connectivity index (χ2n) is 7.20. The van der Waals surface area contributed by atoms with Crippen LogP contribution in [0.15, 0.2) is 70.1 Å². The number of aryl methyl sites for hydroxylation is 2. The Labute approximate surface area is 172 Å². The Bertz CT molecular complexity index is 1290. The van der Waals surface area contributed by atoms with Crippen LogP contribution in [0, 0.1) is 19.7 Å². The first-order chi connectivity index (χ1) is 14.4. The predicted octanol–water partition coefficient (Wildman–Crippen LogP) is 4.54. The van der Waals surface area contributed by atoms with Crippen LogP contribution in [0.3, 0.4) is 0 Å². The van der Waals surface area contributed by atoms with Crippen LogP contribution in [0.4, 0.5) is 4.39 Å². The molecule has 0 unspecified atom stereocenters. The molecule has 0 aliphatic heterocycles. The van der Waals surface area contributed by atoms with Crippen molar-refractivity contribution in [1.29, 1.82) is 0 Å². The first kappa shape index (κ1) is 19.5. The lowest BCUT2D eigenvalue weighted by Crippen LogP contribution is -2.25. The molecule has 0 bridgehead atoms. The van der Waals surface area contributed by atoms with Gasteiger partial charge in [0.1, 0.15) is 5.82 Å². The van der Waals surface area contributed by atoms with Gasteiger partial charge in [0.25, 0.3) is 5.91 Å². The van der Waals surface area contributed by atoms with Crippen LogP contribution in [-0.2, 0) is 6.54 Å². The Morgan fingerprint density at radius 1 is 1.03 bits per heavy atom. The minimum Gasteiger partial charge on any atom is -0.416 e. The fraction of sp³-hybridized carbons (Fsp3) is 0.125. The van der Waals surface area contributed by atoms with E-state index in [1.54, 1.807) is 18.2 Å². The average Bonchev–Trinajstić information content (AvgIpc) is 2.72. The highest BCUT2D eigenvalue weighted by atomic mass is 19.1. The van der Waals surface area contributed by atoms with Gasteiger partial charge in [-0.15, -0.1) is 0 Å². The van der Waals surface area contributed by atoms with Crippen LogP contribution in [0.25, 0.3) is 21.9 Å². The van der Waals surface area contributed by atoms with E-state index in [0.29, 0.717) is 16.5 Å². The van der Waals surface area contributed by atoms with Crippen LogP contribution in [0.1, 0.15) is 27.2 Å². The fourth-order valence-corrected chi connectivity index (χ4v) is 3.59. The van der Waals surface area contributed by atoms with Gasteiger partial charge in [-0.3, -0.25) is 9.78 Å². The third-order valence-electron chi connectivity index (χ3n) is 4.81. The summed E-state index contributed by atoms with van der Waals surface area (Å²) in [6.07, 6.45) is 2.93. The summed E-state index contributed by atoms with van der Waals surface area (Å²) >= 11 is 0. The van der Waals surface area contributed by atoms with E-state index in [1.807, 2.05) is 32.0 Å². The van der Waals surface area contributed by atoms with Crippen molar-refractivity contribution in [2.45, 2.75) is 20.4 Å². The van der Waals surface area contributed by atoms with Crippen molar-refractivity contribution in [1.82, 2.24) is 10.3 Å². The maximum Gasteiger partial charge on any atom is 0.345 e. The van der Waals surface area contributed by atoms with E-state index in [2.05, 4.69) is 10.3 Å². The number of amides is 1. The largest absolute Gasteiger partial charge is 0.416 e. The smallest absolute Gasteiger partial charge is 0.345 e. The van der Waals surface area contributed by atoms with Crippen LogP contribution in [0.2, 0.25) is 0 Å². The number of pyridine rings is 1. The molecule has 1 N–H and O–H groups in total. The summed E-state index contributed by atoms with van der Waals surface area (Å²) in [4.78, 5) is 29.4. The van der Waals surface area contributed by atoms with Crippen LogP contribution >= 0.6 is 0 Å². The summed E-state index contributed by atoms with van der Waals surface area (Å²) in [5.74, 6) is -1.04. The van der Waals surface area contributed by atoms with Gasteiger partial charge in [-0.25, -0.2) is 9.18 Å². The zero-order valence-corrected chi connectivity index (χ0v) is 16.5. The lowest BCUT2D eigenvalue weighted by atomic mass is 9.99. The Morgan fingerprint density at radius 3 is 2.43 bits per heavy atom. The summed E-state index contributed by atoms with van der Waals surface area (Å²) < 4.78 is 18.9. The quantitative estimate of drug-likeness (QED) is 0.544. The Kier molecular flexibility index (Phi) is 5.14. The van der Waals surface area contributed by atoms with E-state index in [9.17, 15) is 14.0 Å². The molecule has 6 heteroatoms. The number of hydrogen-bond acceptors (Lipinski definition) is 4. The topological polar surface area (TPSA) is 72.2 Å². The zero-order valence-electron chi connectivity index (χ0n) is 16.5. The summed E-state index contributed by atoms with van der Waals surface area (Å²) in [5, 5.41) is 3.59. The Hall–Kier alpha value is -3.80. The number of carbonyl (C=O) groups is 1. The number of hydrogen-bond donors (Lipinski definition) is 1. The lowest BCUT2D eigenvalue weighted by molar-refractivity contribution is 0.0920. The van der Waals surface area contributed by atoms with E-state index in [-0.39, 0.29) is 17.7 Å². The molecule has 0 aliphatic rings. The van der Waals surface area contributed by atoms with Gasteiger partial charge < -0.3 is 9.73 Å². The maximum absolute atomic E-state index is 13.5. The monoisotopic (exact) mass is 402 g/mol. The second kappa shape index (κ2) is 7.91. The number of fused-ring (bicyclic) bond motifs is 1. The third-order valence-corrected chi connectivity index (χ3v) is 4.81. The number of aromatic nitrogens is 1. The molecule has 5 nitrogen and oxygen atoms in total. The standard InChI is InChI=1S/C24H19FN2O3/c1-14-9-15(2)11-16(10-14)12-27-23(28)22-21(17-3-5-18(25)6-4-17)19-7-8-26-13-20(19)24(29)30-22/h3-11,13H,12H2,1-2H3,(H,27,28). The zero-order chi connectivity index (χ0) is 21.3.